The van der Waals surface area contributed by atoms with Gasteiger partial charge in [0.2, 0.25) is 0 Å². The van der Waals surface area contributed by atoms with E-state index < -0.39 is 0 Å². The normalized spacial score (nSPS) is 38.8. The number of piperidine rings is 1. The second kappa shape index (κ2) is 3.82. The Bertz CT molecular complexity index is 200. The van der Waals surface area contributed by atoms with Crippen molar-refractivity contribution in [1.29, 1.82) is 0 Å². The molecule has 0 amide bonds. The fourth-order valence-electron chi connectivity index (χ4n) is 3.12. The van der Waals surface area contributed by atoms with E-state index in [1.807, 2.05) is 0 Å². The van der Waals surface area contributed by atoms with Gasteiger partial charge in [0.05, 0.1) is 0 Å². The summed E-state index contributed by atoms with van der Waals surface area (Å²) in [5.74, 6) is 0. The summed E-state index contributed by atoms with van der Waals surface area (Å²) in [7, 11) is 0. The van der Waals surface area contributed by atoms with Crippen LogP contribution in [0.1, 0.15) is 46.5 Å². The van der Waals surface area contributed by atoms with Crippen LogP contribution in [0.3, 0.4) is 0 Å². The summed E-state index contributed by atoms with van der Waals surface area (Å²) in [5, 5.41) is 3.60. The molecule has 0 aromatic rings. The first-order valence-electron chi connectivity index (χ1n) is 6.09. The van der Waals surface area contributed by atoms with Gasteiger partial charge in [-0.15, -0.1) is 0 Å². The Morgan fingerprint density at radius 3 is 2.64 bits per heavy atom. The zero-order valence-corrected chi connectivity index (χ0v) is 9.84. The lowest BCUT2D eigenvalue weighted by atomic mass is 9.88. The molecule has 2 nitrogen and oxygen atoms in total. The van der Waals surface area contributed by atoms with Gasteiger partial charge < -0.3 is 5.32 Å². The molecule has 1 N–H and O–H groups in total. The van der Waals surface area contributed by atoms with Crippen molar-refractivity contribution in [3.8, 4) is 0 Å². The van der Waals surface area contributed by atoms with Crippen LogP contribution in [0.15, 0.2) is 0 Å². The van der Waals surface area contributed by atoms with E-state index in [0.29, 0.717) is 5.54 Å². The molecule has 0 aromatic heterocycles. The lowest BCUT2D eigenvalue weighted by molar-refractivity contribution is 0.114. The number of likely N-dealkylation sites (tertiary alicyclic amines) is 1. The fraction of sp³-hybridized carbons (Fsp3) is 1.00. The van der Waals surface area contributed by atoms with Gasteiger partial charge in [-0.3, -0.25) is 4.90 Å². The minimum atomic E-state index is 0.352. The second-order valence-electron chi connectivity index (χ2n) is 5.69. The van der Waals surface area contributed by atoms with Gasteiger partial charge >= 0.3 is 0 Å². The third-order valence-corrected chi connectivity index (χ3v) is 3.90. The zero-order valence-electron chi connectivity index (χ0n) is 9.84. The molecular weight excluding hydrogens is 172 g/mol. The third kappa shape index (κ3) is 2.12. The van der Waals surface area contributed by atoms with Gasteiger partial charge in [-0.25, -0.2) is 0 Å². The van der Waals surface area contributed by atoms with Crippen molar-refractivity contribution >= 4 is 0 Å². The van der Waals surface area contributed by atoms with E-state index >= 15 is 0 Å². The van der Waals surface area contributed by atoms with E-state index in [2.05, 4.69) is 31.0 Å². The number of nitrogens with zero attached hydrogens (tertiary/aromatic N) is 1. The van der Waals surface area contributed by atoms with Crippen molar-refractivity contribution in [3.63, 3.8) is 0 Å². The van der Waals surface area contributed by atoms with Crippen LogP contribution in [0.4, 0.5) is 0 Å². The molecular formula is C12H24N2. The molecule has 2 unspecified atom stereocenters. The first-order valence-corrected chi connectivity index (χ1v) is 6.09. The standard InChI is InChI=1S/C12H24N2/c1-10-5-4-8-14(10)11-6-7-13-12(2,3)9-11/h10-11,13H,4-9H2,1-3H3. The van der Waals surface area contributed by atoms with Gasteiger partial charge in [0, 0.05) is 17.6 Å². The quantitative estimate of drug-likeness (QED) is 0.690. The molecule has 2 heteroatoms. The largest absolute Gasteiger partial charge is 0.312 e. The van der Waals surface area contributed by atoms with Gasteiger partial charge in [0.1, 0.15) is 0 Å². The predicted molar refractivity (Wildman–Crippen MR) is 60.5 cm³/mol. The SMILES string of the molecule is CC1CCCN1C1CCNC(C)(C)C1. The van der Waals surface area contributed by atoms with Crippen LogP contribution in [0.2, 0.25) is 0 Å². The first-order chi connectivity index (χ1) is 6.58. The Hall–Kier alpha value is -0.0800. The zero-order chi connectivity index (χ0) is 10.2. The summed E-state index contributed by atoms with van der Waals surface area (Å²) < 4.78 is 0. The molecule has 0 aromatic carbocycles. The maximum atomic E-state index is 3.60. The predicted octanol–water partition coefficient (Wildman–Crippen LogP) is 2.00. The van der Waals surface area contributed by atoms with E-state index in [1.54, 1.807) is 0 Å². The molecule has 0 aliphatic carbocycles. The summed E-state index contributed by atoms with van der Waals surface area (Å²) in [5.41, 5.74) is 0.352. The second-order valence-corrected chi connectivity index (χ2v) is 5.69. The van der Waals surface area contributed by atoms with Crippen molar-refractivity contribution < 1.29 is 0 Å². The molecule has 2 heterocycles. The molecule has 2 rings (SSSR count). The Morgan fingerprint density at radius 1 is 1.29 bits per heavy atom. The summed E-state index contributed by atoms with van der Waals surface area (Å²) in [4.78, 5) is 2.74. The lowest BCUT2D eigenvalue weighted by Gasteiger charge is -2.42. The molecule has 0 spiro atoms. The van der Waals surface area contributed by atoms with Gasteiger partial charge in [0.15, 0.2) is 0 Å². The molecule has 0 saturated carbocycles. The Morgan fingerprint density at radius 2 is 2.07 bits per heavy atom. The molecule has 0 radical (unpaired) electrons. The smallest absolute Gasteiger partial charge is 0.0140 e. The molecule has 2 atom stereocenters. The monoisotopic (exact) mass is 196 g/mol. The first kappa shape index (κ1) is 10.4. The van der Waals surface area contributed by atoms with Crippen LogP contribution >= 0.6 is 0 Å². The summed E-state index contributed by atoms with van der Waals surface area (Å²) in [6.07, 6.45) is 5.47. The van der Waals surface area contributed by atoms with Gasteiger partial charge in [-0.1, -0.05) is 0 Å². The summed E-state index contributed by atoms with van der Waals surface area (Å²) in [6, 6.07) is 1.66. The van der Waals surface area contributed by atoms with E-state index in [-0.39, 0.29) is 0 Å². The fourth-order valence-corrected chi connectivity index (χ4v) is 3.12. The molecule has 2 aliphatic rings. The highest BCUT2D eigenvalue weighted by molar-refractivity contribution is 4.93. The van der Waals surface area contributed by atoms with Crippen molar-refractivity contribution in [2.24, 2.45) is 0 Å². The highest BCUT2D eigenvalue weighted by Crippen LogP contribution is 2.28. The molecule has 0 bridgehead atoms. The van der Waals surface area contributed by atoms with Gasteiger partial charge in [-0.2, -0.15) is 0 Å². The van der Waals surface area contributed by atoms with E-state index in [9.17, 15) is 0 Å². The van der Waals surface area contributed by atoms with Crippen LogP contribution in [0.5, 0.6) is 0 Å². The molecule has 82 valence electrons. The van der Waals surface area contributed by atoms with E-state index in [4.69, 9.17) is 0 Å². The minimum absolute atomic E-state index is 0.352. The number of hydrogen-bond donors (Lipinski definition) is 1. The molecule has 2 fully saturated rings. The van der Waals surface area contributed by atoms with Crippen LogP contribution < -0.4 is 5.32 Å². The average Bonchev–Trinajstić information content (AvgIpc) is 2.49. The van der Waals surface area contributed by atoms with E-state index in [0.717, 1.165) is 12.1 Å². The Balaban J connectivity index is 1.97. The Labute approximate surface area is 88.1 Å². The average molecular weight is 196 g/mol. The maximum absolute atomic E-state index is 3.60. The minimum Gasteiger partial charge on any atom is -0.312 e. The van der Waals surface area contributed by atoms with Crippen molar-refractivity contribution in [2.75, 3.05) is 13.1 Å². The van der Waals surface area contributed by atoms with Crippen LogP contribution in [-0.2, 0) is 0 Å². The van der Waals surface area contributed by atoms with E-state index in [1.165, 1.54) is 38.8 Å². The number of rotatable bonds is 1. The van der Waals surface area contributed by atoms with Crippen LogP contribution in [-0.4, -0.2) is 35.6 Å². The van der Waals surface area contributed by atoms with Crippen molar-refractivity contribution in [3.05, 3.63) is 0 Å². The molecule has 2 aliphatic heterocycles. The van der Waals surface area contributed by atoms with Crippen molar-refractivity contribution in [2.45, 2.75) is 64.1 Å². The summed E-state index contributed by atoms with van der Waals surface area (Å²) >= 11 is 0. The van der Waals surface area contributed by atoms with Gasteiger partial charge in [-0.05, 0) is 59.5 Å². The summed E-state index contributed by atoms with van der Waals surface area (Å²) in [6.45, 7) is 9.59. The lowest BCUT2D eigenvalue weighted by Crippen LogP contribution is -2.53. The van der Waals surface area contributed by atoms with Crippen LogP contribution in [0.25, 0.3) is 0 Å². The highest BCUT2D eigenvalue weighted by atomic mass is 15.2. The topological polar surface area (TPSA) is 15.3 Å². The van der Waals surface area contributed by atoms with Crippen LogP contribution in [0, 0.1) is 0 Å². The van der Waals surface area contributed by atoms with Crippen molar-refractivity contribution in [1.82, 2.24) is 10.2 Å². The number of hydrogen-bond acceptors (Lipinski definition) is 2. The maximum Gasteiger partial charge on any atom is 0.0140 e. The molecule has 14 heavy (non-hydrogen) atoms. The number of nitrogens with one attached hydrogen (secondary N) is 1. The molecule has 2 saturated heterocycles. The third-order valence-electron chi connectivity index (χ3n) is 3.90. The highest BCUT2D eigenvalue weighted by Gasteiger charge is 2.34. The Kier molecular flexibility index (Phi) is 2.85. The van der Waals surface area contributed by atoms with Gasteiger partial charge in [0.25, 0.3) is 0 Å².